The van der Waals surface area contributed by atoms with E-state index >= 15 is 0 Å². The molecule has 0 aromatic rings. The SMILES string of the molecule is [B]C1CCCC2C(N)CCC12. The van der Waals surface area contributed by atoms with Gasteiger partial charge < -0.3 is 5.73 Å². The number of hydrogen-bond acceptors (Lipinski definition) is 1. The molecule has 2 rings (SSSR count). The first-order valence-electron chi connectivity index (χ1n) is 4.80. The summed E-state index contributed by atoms with van der Waals surface area (Å²) in [7, 11) is 6.03. The first-order valence-corrected chi connectivity index (χ1v) is 4.80. The van der Waals surface area contributed by atoms with E-state index in [0.717, 1.165) is 11.8 Å². The van der Waals surface area contributed by atoms with E-state index in [4.69, 9.17) is 13.6 Å². The summed E-state index contributed by atoms with van der Waals surface area (Å²) < 4.78 is 0. The molecule has 2 N–H and O–H groups in total. The van der Waals surface area contributed by atoms with Crippen molar-refractivity contribution < 1.29 is 0 Å². The van der Waals surface area contributed by atoms with E-state index in [1.54, 1.807) is 0 Å². The van der Waals surface area contributed by atoms with Crippen molar-refractivity contribution in [1.82, 2.24) is 0 Å². The molecule has 0 spiro atoms. The second-order valence-electron chi connectivity index (χ2n) is 4.16. The number of nitrogens with two attached hydrogens (primary N) is 1. The van der Waals surface area contributed by atoms with Gasteiger partial charge >= 0.3 is 0 Å². The van der Waals surface area contributed by atoms with Crippen LogP contribution < -0.4 is 5.73 Å². The van der Waals surface area contributed by atoms with Gasteiger partial charge in [0.15, 0.2) is 0 Å². The first kappa shape index (κ1) is 7.66. The lowest BCUT2D eigenvalue weighted by atomic mass is 9.64. The van der Waals surface area contributed by atoms with Gasteiger partial charge in [0.25, 0.3) is 0 Å². The summed E-state index contributed by atoms with van der Waals surface area (Å²) in [6.07, 6.45) is 6.36. The minimum atomic E-state index is 0.460. The Balaban J connectivity index is 2.07. The third kappa shape index (κ3) is 1.22. The largest absolute Gasteiger partial charge is 0.327 e. The maximum Gasteiger partial charge on any atom is 0.0703 e. The van der Waals surface area contributed by atoms with Gasteiger partial charge in [-0.25, -0.2) is 0 Å². The second-order valence-corrected chi connectivity index (χ2v) is 4.16. The zero-order valence-electron chi connectivity index (χ0n) is 7.00. The molecule has 0 amide bonds. The average molecular weight is 149 g/mol. The average Bonchev–Trinajstić information content (AvgIpc) is 2.35. The van der Waals surface area contributed by atoms with Gasteiger partial charge in [-0.05, 0) is 31.1 Å². The van der Waals surface area contributed by atoms with E-state index in [0.29, 0.717) is 11.9 Å². The third-order valence-electron chi connectivity index (χ3n) is 3.56. The van der Waals surface area contributed by atoms with E-state index < -0.39 is 0 Å². The maximum atomic E-state index is 6.03. The van der Waals surface area contributed by atoms with Crippen molar-refractivity contribution in [2.24, 2.45) is 17.6 Å². The molecule has 2 aliphatic carbocycles. The van der Waals surface area contributed by atoms with Gasteiger partial charge in [0.2, 0.25) is 0 Å². The van der Waals surface area contributed by atoms with E-state index in [-0.39, 0.29) is 0 Å². The maximum absolute atomic E-state index is 6.03. The van der Waals surface area contributed by atoms with Gasteiger partial charge in [0.1, 0.15) is 0 Å². The fourth-order valence-electron chi connectivity index (χ4n) is 2.89. The predicted molar refractivity (Wildman–Crippen MR) is 47.5 cm³/mol. The lowest BCUT2D eigenvalue weighted by molar-refractivity contribution is 0.261. The van der Waals surface area contributed by atoms with Crippen molar-refractivity contribution >= 4 is 7.85 Å². The molecular formula is C9H16BN. The van der Waals surface area contributed by atoms with Crippen LogP contribution in [-0.4, -0.2) is 13.9 Å². The topological polar surface area (TPSA) is 26.0 Å². The second kappa shape index (κ2) is 2.82. The molecule has 0 bridgehead atoms. The molecule has 60 valence electrons. The van der Waals surface area contributed by atoms with Gasteiger partial charge in [-0.3, -0.25) is 0 Å². The lowest BCUT2D eigenvalue weighted by Crippen LogP contribution is -2.31. The van der Waals surface area contributed by atoms with Crippen molar-refractivity contribution in [3.63, 3.8) is 0 Å². The molecule has 2 aliphatic rings. The van der Waals surface area contributed by atoms with E-state index in [1.165, 1.54) is 32.1 Å². The van der Waals surface area contributed by atoms with Crippen molar-refractivity contribution in [3.8, 4) is 0 Å². The Labute approximate surface area is 70.1 Å². The van der Waals surface area contributed by atoms with Crippen LogP contribution in [0.5, 0.6) is 0 Å². The van der Waals surface area contributed by atoms with E-state index in [9.17, 15) is 0 Å². The molecule has 0 heterocycles. The van der Waals surface area contributed by atoms with Crippen LogP contribution in [0.2, 0.25) is 5.82 Å². The molecule has 1 nitrogen and oxygen atoms in total. The Hall–Kier alpha value is 0.0249. The zero-order chi connectivity index (χ0) is 7.84. The Morgan fingerprint density at radius 3 is 2.55 bits per heavy atom. The number of rotatable bonds is 0. The molecule has 2 fully saturated rings. The Kier molecular flexibility index (Phi) is 1.96. The van der Waals surface area contributed by atoms with Crippen molar-refractivity contribution in [3.05, 3.63) is 0 Å². The summed E-state index contributed by atoms with van der Waals surface area (Å²) in [6, 6.07) is 0.464. The molecule has 4 unspecified atom stereocenters. The molecule has 4 atom stereocenters. The smallest absolute Gasteiger partial charge is 0.0703 e. The summed E-state index contributed by atoms with van der Waals surface area (Å²) >= 11 is 0. The molecule has 0 aliphatic heterocycles. The number of hydrogen-bond donors (Lipinski definition) is 1. The van der Waals surface area contributed by atoms with E-state index in [1.807, 2.05) is 0 Å². The Morgan fingerprint density at radius 2 is 1.82 bits per heavy atom. The highest BCUT2D eigenvalue weighted by Gasteiger charge is 2.38. The molecule has 2 heteroatoms. The molecular weight excluding hydrogens is 133 g/mol. The molecule has 0 aromatic heterocycles. The van der Waals surface area contributed by atoms with Crippen LogP contribution in [0.4, 0.5) is 0 Å². The van der Waals surface area contributed by atoms with Crippen LogP contribution >= 0.6 is 0 Å². The summed E-state index contributed by atoms with van der Waals surface area (Å²) in [5.41, 5.74) is 6.00. The quantitative estimate of drug-likeness (QED) is 0.518. The van der Waals surface area contributed by atoms with Gasteiger partial charge in [-0.15, -0.1) is 0 Å². The van der Waals surface area contributed by atoms with Crippen LogP contribution in [0, 0.1) is 11.8 Å². The fourth-order valence-corrected chi connectivity index (χ4v) is 2.89. The molecule has 0 saturated heterocycles. The molecule has 2 radical (unpaired) electrons. The monoisotopic (exact) mass is 149 g/mol. The van der Waals surface area contributed by atoms with Crippen molar-refractivity contribution in [2.45, 2.75) is 44.0 Å². The number of fused-ring (bicyclic) bond motifs is 1. The minimum Gasteiger partial charge on any atom is -0.327 e. The van der Waals surface area contributed by atoms with Gasteiger partial charge in [-0.1, -0.05) is 18.7 Å². The summed E-state index contributed by atoms with van der Waals surface area (Å²) in [5.74, 6) is 1.99. The predicted octanol–water partition coefficient (Wildman–Crippen LogP) is 1.48. The summed E-state index contributed by atoms with van der Waals surface area (Å²) in [4.78, 5) is 0. The van der Waals surface area contributed by atoms with Gasteiger partial charge in [0.05, 0.1) is 7.85 Å². The van der Waals surface area contributed by atoms with E-state index in [2.05, 4.69) is 0 Å². The van der Waals surface area contributed by atoms with Gasteiger partial charge in [-0.2, -0.15) is 0 Å². The summed E-state index contributed by atoms with van der Waals surface area (Å²) in [5, 5.41) is 0. The normalized spacial score (nSPS) is 50.6. The highest BCUT2D eigenvalue weighted by molar-refractivity contribution is 6.11. The van der Waals surface area contributed by atoms with Crippen LogP contribution in [0.3, 0.4) is 0 Å². The standard InChI is InChI=1S/C9H16BN/c10-8-3-1-2-7-6(8)4-5-9(7)11/h6-9H,1-5,11H2. The lowest BCUT2D eigenvalue weighted by Gasteiger charge is -2.33. The van der Waals surface area contributed by atoms with Crippen LogP contribution in [0.15, 0.2) is 0 Å². The zero-order valence-corrected chi connectivity index (χ0v) is 7.00. The van der Waals surface area contributed by atoms with Crippen LogP contribution in [0.25, 0.3) is 0 Å². The van der Waals surface area contributed by atoms with Crippen LogP contribution in [-0.2, 0) is 0 Å². The molecule has 0 aromatic carbocycles. The highest BCUT2D eigenvalue weighted by Crippen LogP contribution is 2.46. The molecule has 2 saturated carbocycles. The van der Waals surface area contributed by atoms with Gasteiger partial charge in [0, 0.05) is 6.04 Å². The summed E-state index contributed by atoms with van der Waals surface area (Å²) in [6.45, 7) is 0. The van der Waals surface area contributed by atoms with Crippen molar-refractivity contribution in [1.29, 1.82) is 0 Å². The Bertz CT molecular complexity index is 146. The Morgan fingerprint density at radius 1 is 1.00 bits per heavy atom. The fraction of sp³-hybridized carbons (Fsp3) is 1.00. The minimum absolute atomic E-state index is 0.460. The van der Waals surface area contributed by atoms with Crippen LogP contribution in [0.1, 0.15) is 32.1 Å². The molecule has 11 heavy (non-hydrogen) atoms. The van der Waals surface area contributed by atoms with Crippen molar-refractivity contribution in [2.75, 3.05) is 0 Å². The first-order chi connectivity index (χ1) is 5.29. The third-order valence-corrected chi connectivity index (χ3v) is 3.56. The highest BCUT2D eigenvalue weighted by atomic mass is 14.7.